The van der Waals surface area contributed by atoms with Gasteiger partial charge < -0.3 is 5.11 Å². The third kappa shape index (κ3) is 3.04. The minimum absolute atomic E-state index is 0.0833. The van der Waals surface area contributed by atoms with Crippen LogP contribution in [-0.4, -0.2) is 11.7 Å². The predicted molar refractivity (Wildman–Crippen MR) is 61.2 cm³/mol. The first kappa shape index (κ1) is 10.5. The van der Waals surface area contributed by atoms with Gasteiger partial charge in [-0.2, -0.15) is 0 Å². The number of benzene rings is 2. The SMILES string of the molecule is C=CCO.c1ccc2ccccc2c1. The van der Waals surface area contributed by atoms with Crippen molar-refractivity contribution in [3.05, 3.63) is 61.2 Å². The lowest BCUT2D eigenvalue weighted by Gasteiger charge is -1.92. The quantitative estimate of drug-likeness (QED) is 0.679. The Morgan fingerprint density at radius 2 is 1.21 bits per heavy atom. The molecule has 2 aromatic carbocycles. The Bertz CT molecular complexity index is 328. The van der Waals surface area contributed by atoms with Crippen molar-refractivity contribution in [3.63, 3.8) is 0 Å². The van der Waals surface area contributed by atoms with Crippen molar-refractivity contribution in [2.24, 2.45) is 0 Å². The monoisotopic (exact) mass is 186 g/mol. The molecular formula is C13H14O. The maximum atomic E-state index is 7.76. The van der Waals surface area contributed by atoms with Crippen molar-refractivity contribution in [1.29, 1.82) is 0 Å². The first-order valence-corrected chi connectivity index (χ1v) is 4.54. The summed E-state index contributed by atoms with van der Waals surface area (Å²) in [7, 11) is 0. The van der Waals surface area contributed by atoms with Crippen LogP contribution < -0.4 is 0 Å². The second kappa shape index (κ2) is 5.95. The maximum Gasteiger partial charge on any atom is 0.0609 e. The van der Waals surface area contributed by atoms with E-state index in [2.05, 4.69) is 55.1 Å². The molecule has 72 valence electrons. The average molecular weight is 186 g/mol. The molecule has 0 aliphatic carbocycles. The molecule has 0 aliphatic heterocycles. The van der Waals surface area contributed by atoms with Gasteiger partial charge in [-0.05, 0) is 10.8 Å². The number of aliphatic hydroxyl groups is 1. The van der Waals surface area contributed by atoms with Crippen LogP contribution in [0.4, 0.5) is 0 Å². The number of aliphatic hydroxyl groups excluding tert-OH is 1. The molecule has 0 bridgehead atoms. The molecule has 2 aromatic rings. The minimum Gasteiger partial charge on any atom is -0.392 e. The van der Waals surface area contributed by atoms with Gasteiger partial charge in [0.1, 0.15) is 0 Å². The standard InChI is InChI=1S/C10H8.C3H6O/c1-2-6-10-8-4-3-7-9(10)5-1;1-2-3-4/h1-8H;2,4H,1,3H2. The van der Waals surface area contributed by atoms with E-state index in [-0.39, 0.29) is 6.61 Å². The summed E-state index contributed by atoms with van der Waals surface area (Å²) in [6, 6.07) is 16.7. The molecule has 2 rings (SSSR count). The summed E-state index contributed by atoms with van der Waals surface area (Å²) in [6.45, 7) is 3.31. The van der Waals surface area contributed by atoms with E-state index in [9.17, 15) is 0 Å². The van der Waals surface area contributed by atoms with Gasteiger partial charge >= 0.3 is 0 Å². The van der Waals surface area contributed by atoms with Gasteiger partial charge in [-0.1, -0.05) is 54.6 Å². The highest BCUT2D eigenvalue weighted by atomic mass is 16.2. The first-order valence-electron chi connectivity index (χ1n) is 4.54. The lowest BCUT2D eigenvalue weighted by atomic mass is 10.1. The molecule has 1 N–H and O–H groups in total. The van der Waals surface area contributed by atoms with Crippen LogP contribution in [0, 0.1) is 0 Å². The first-order chi connectivity index (χ1) is 6.88. The van der Waals surface area contributed by atoms with Gasteiger partial charge in [-0.15, -0.1) is 6.58 Å². The normalized spacial score (nSPS) is 8.93. The van der Waals surface area contributed by atoms with Crippen molar-refractivity contribution in [3.8, 4) is 0 Å². The van der Waals surface area contributed by atoms with Gasteiger partial charge in [0.05, 0.1) is 6.61 Å². The summed E-state index contributed by atoms with van der Waals surface area (Å²) in [6.07, 6.45) is 1.43. The van der Waals surface area contributed by atoms with Crippen LogP contribution in [0.25, 0.3) is 10.8 Å². The molecule has 0 fully saturated rings. The van der Waals surface area contributed by atoms with E-state index < -0.39 is 0 Å². The van der Waals surface area contributed by atoms with E-state index >= 15 is 0 Å². The molecule has 0 aliphatic rings. The highest BCUT2D eigenvalue weighted by molar-refractivity contribution is 5.81. The highest BCUT2D eigenvalue weighted by Gasteiger charge is 1.85. The molecule has 1 heteroatoms. The van der Waals surface area contributed by atoms with E-state index in [1.807, 2.05) is 0 Å². The Hall–Kier alpha value is -1.60. The van der Waals surface area contributed by atoms with Crippen molar-refractivity contribution in [2.75, 3.05) is 6.61 Å². The van der Waals surface area contributed by atoms with E-state index in [0.29, 0.717) is 0 Å². The summed E-state index contributed by atoms with van der Waals surface area (Å²) in [5.41, 5.74) is 0. The van der Waals surface area contributed by atoms with Gasteiger partial charge in [0, 0.05) is 0 Å². The second-order valence-corrected chi connectivity index (χ2v) is 2.82. The summed E-state index contributed by atoms with van der Waals surface area (Å²) < 4.78 is 0. The van der Waals surface area contributed by atoms with Gasteiger partial charge in [-0.25, -0.2) is 0 Å². The van der Waals surface area contributed by atoms with Crippen LogP contribution in [-0.2, 0) is 0 Å². The maximum absolute atomic E-state index is 7.76. The summed E-state index contributed by atoms with van der Waals surface area (Å²) in [5.74, 6) is 0. The van der Waals surface area contributed by atoms with Crippen molar-refractivity contribution in [2.45, 2.75) is 0 Å². The largest absolute Gasteiger partial charge is 0.392 e. The van der Waals surface area contributed by atoms with Crippen LogP contribution in [0.5, 0.6) is 0 Å². The lowest BCUT2D eigenvalue weighted by Crippen LogP contribution is -1.67. The second-order valence-electron chi connectivity index (χ2n) is 2.82. The zero-order valence-electron chi connectivity index (χ0n) is 8.06. The van der Waals surface area contributed by atoms with Crippen LogP contribution in [0.3, 0.4) is 0 Å². The zero-order chi connectivity index (χ0) is 10.2. The lowest BCUT2D eigenvalue weighted by molar-refractivity contribution is 0.343. The predicted octanol–water partition coefficient (Wildman–Crippen LogP) is 3.00. The number of hydrogen-bond donors (Lipinski definition) is 1. The molecule has 0 atom stereocenters. The van der Waals surface area contributed by atoms with E-state index in [4.69, 9.17) is 5.11 Å². The summed E-state index contributed by atoms with van der Waals surface area (Å²) >= 11 is 0. The molecule has 0 heterocycles. The molecule has 1 nitrogen and oxygen atoms in total. The fourth-order valence-electron chi connectivity index (χ4n) is 1.13. The smallest absolute Gasteiger partial charge is 0.0609 e. The fraction of sp³-hybridized carbons (Fsp3) is 0.0769. The third-order valence-electron chi connectivity index (χ3n) is 1.79. The summed E-state index contributed by atoms with van der Waals surface area (Å²) in [4.78, 5) is 0. The molecule has 0 amide bonds. The molecule has 0 radical (unpaired) electrons. The Morgan fingerprint density at radius 3 is 1.43 bits per heavy atom. The van der Waals surface area contributed by atoms with Crippen LogP contribution >= 0.6 is 0 Å². The molecule has 0 aromatic heterocycles. The molecular weight excluding hydrogens is 172 g/mol. The van der Waals surface area contributed by atoms with Crippen molar-refractivity contribution >= 4 is 10.8 Å². The van der Waals surface area contributed by atoms with Gasteiger partial charge in [-0.3, -0.25) is 0 Å². The minimum atomic E-state index is 0.0833. The molecule has 0 saturated carbocycles. The summed E-state index contributed by atoms with van der Waals surface area (Å²) in [5, 5.41) is 10.4. The average Bonchev–Trinajstić information content (AvgIpc) is 2.30. The Labute approximate surface area is 84.3 Å². The molecule has 0 unspecified atom stereocenters. The Kier molecular flexibility index (Phi) is 4.45. The Morgan fingerprint density at radius 1 is 0.929 bits per heavy atom. The van der Waals surface area contributed by atoms with Crippen molar-refractivity contribution < 1.29 is 5.11 Å². The molecule has 0 spiro atoms. The van der Waals surface area contributed by atoms with Gasteiger partial charge in [0.15, 0.2) is 0 Å². The topological polar surface area (TPSA) is 20.2 Å². The third-order valence-corrected chi connectivity index (χ3v) is 1.79. The van der Waals surface area contributed by atoms with Gasteiger partial charge in [0.25, 0.3) is 0 Å². The molecule has 0 saturated heterocycles. The number of rotatable bonds is 1. The number of hydrogen-bond acceptors (Lipinski definition) is 1. The number of fused-ring (bicyclic) bond motifs is 1. The van der Waals surface area contributed by atoms with E-state index in [0.717, 1.165) is 0 Å². The van der Waals surface area contributed by atoms with E-state index in [1.165, 1.54) is 16.8 Å². The molecule has 14 heavy (non-hydrogen) atoms. The van der Waals surface area contributed by atoms with E-state index in [1.54, 1.807) is 0 Å². The van der Waals surface area contributed by atoms with Gasteiger partial charge in [0.2, 0.25) is 0 Å². The van der Waals surface area contributed by atoms with Crippen LogP contribution in [0.1, 0.15) is 0 Å². The zero-order valence-corrected chi connectivity index (χ0v) is 8.06. The fourth-order valence-corrected chi connectivity index (χ4v) is 1.13. The van der Waals surface area contributed by atoms with Crippen LogP contribution in [0.15, 0.2) is 61.2 Å². The Balaban J connectivity index is 0.000000213. The van der Waals surface area contributed by atoms with Crippen molar-refractivity contribution in [1.82, 2.24) is 0 Å². The highest BCUT2D eigenvalue weighted by Crippen LogP contribution is 2.11. The van der Waals surface area contributed by atoms with Crippen LogP contribution in [0.2, 0.25) is 0 Å².